The van der Waals surface area contributed by atoms with Crippen LogP contribution in [0.1, 0.15) is 13.8 Å². The highest BCUT2D eigenvalue weighted by atomic mass is 35.6. The molecule has 6 heteroatoms. The van der Waals surface area contributed by atoms with Crippen molar-refractivity contribution in [3.8, 4) is 0 Å². The fourth-order valence-corrected chi connectivity index (χ4v) is 0.203. The lowest BCUT2D eigenvalue weighted by Gasteiger charge is -1.90. The predicted octanol–water partition coefficient (Wildman–Crippen LogP) is 2.73. The summed E-state index contributed by atoms with van der Waals surface area (Å²) in [5.74, 6) is -0.211. The van der Waals surface area contributed by atoms with Crippen molar-refractivity contribution in [3.63, 3.8) is 0 Å². The van der Waals surface area contributed by atoms with Crippen molar-refractivity contribution in [2.75, 3.05) is 27.7 Å². The van der Waals surface area contributed by atoms with Gasteiger partial charge in [-0.05, 0) is 28.1 Å². The van der Waals surface area contributed by atoms with Crippen LogP contribution in [0.2, 0.25) is 0 Å². The summed E-state index contributed by atoms with van der Waals surface area (Å²) in [6.45, 7) is 3.65. The highest BCUT2D eigenvalue weighted by Gasteiger charge is 1.81. The lowest BCUT2D eigenvalue weighted by Crippen LogP contribution is -1.99. The fourth-order valence-electron chi connectivity index (χ4n) is 0.203. The highest BCUT2D eigenvalue weighted by molar-refractivity contribution is 6.63. The predicted molar refractivity (Wildman–Crippen MR) is 63.3 cm³/mol. The number of carbonyl (C=O) groups is 1. The van der Waals surface area contributed by atoms with E-state index in [1.54, 1.807) is 6.92 Å². The monoisotopic (exact) mass is 265 g/mol. The van der Waals surface area contributed by atoms with Gasteiger partial charge in [0.15, 0.2) is 4.30 Å². The van der Waals surface area contributed by atoms with Gasteiger partial charge in [-0.25, -0.2) is 0 Å². The summed E-state index contributed by atoms with van der Waals surface area (Å²) in [6, 6.07) is 0. The van der Waals surface area contributed by atoms with Gasteiger partial charge in [-0.1, -0.05) is 34.8 Å². The summed E-state index contributed by atoms with van der Waals surface area (Å²) in [7, 11) is 6.00. The van der Waals surface area contributed by atoms with E-state index in [4.69, 9.17) is 34.8 Å². The van der Waals surface area contributed by atoms with Gasteiger partial charge >= 0.3 is 5.97 Å². The molecule has 0 saturated carbocycles. The molecule has 0 aromatic carbocycles. The first-order chi connectivity index (χ1) is 6.23. The minimum Gasteiger partial charge on any atom is -0.466 e. The van der Waals surface area contributed by atoms with Crippen molar-refractivity contribution >= 4 is 40.8 Å². The molecule has 0 aliphatic rings. The molecule has 0 atom stereocenters. The van der Waals surface area contributed by atoms with Crippen molar-refractivity contribution in [1.29, 1.82) is 0 Å². The number of nitrogens with zero attached hydrogens (tertiary/aromatic N) is 1. The SMILES string of the molecule is CCOC(C)=O.CN(C)C.ClC(Cl)Cl. The Morgan fingerprint density at radius 2 is 1.50 bits per heavy atom. The number of hydrogen-bond donors (Lipinski definition) is 0. The molecule has 0 aromatic rings. The summed E-state index contributed by atoms with van der Waals surface area (Å²) in [4.78, 5) is 11.8. The Bertz CT molecular complexity index is 110. The summed E-state index contributed by atoms with van der Waals surface area (Å²) in [5, 5.41) is 0. The molecule has 0 amide bonds. The molecule has 0 aliphatic heterocycles. The third-order valence-electron chi connectivity index (χ3n) is 0.348. The average Bonchev–Trinajstić information content (AvgIpc) is 1.82. The Labute approximate surface area is 101 Å². The molecule has 0 aromatic heterocycles. The molecule has 0 N–H and O–H groups in total. The molecular weight excluding hydrogens is 248 g/mol. The van der Waals surface area contributed by atoms with Crippen molar-refractivity contribution in [2.24, 2.45) is 0 Å². The minimum atomic E-state index is -0.750. The van der Waals surface area contributed by atoms with Crippen LogP contribution in [0.4, 0.5) is 0 Å². The zero-order valence-electron chi connectivity index (χ0n) is 9.18. The molecule has 0 bridgehead atoms. The van der Waals surface area contributed by atoms with Gasteiger partial charge in [0, 0.05) is 6.92 Å². The Morgan fingerprint density at radius 3 is 1.50 bits per heavy atom. The summed E-state index contributed by atoms with van der Waals surface area (Å²) < 4.78 is 3.65. The van der Waals surface area contributed by atoms with Gasteiger partial charge < -0.3 is 9.64 Å². The number of rotatable bonds is 1. The average molecular weight is 267 g/mol. The maximum Gasteiger partial charge on any atom is 0.302 e. The van der Waals surface area contributed by atoms with Crippen molar-refractivity contribution in [2.45, 2.75) is 18.1 Å². The highest BCUT2D eigenvalue weighted by Crippen LogP contribution is 2.03. The molecule has 88 valence electrons. The van der Waals surface area contributed by atoms with E-state index in [9.17, 15) is 4.79 Å². The molecule has 0 unspecified atom stereocenters. The normalized spacial score (nSPS) is 8.43. The molecule has 0 saturated heterocycles. The third-order valence-corrected chi connectivity index (χ3v) is 0.348. The third kappa shape index (κ3) is 144. The molecule has 3 nitrogen and oxygen atoms in total. The molecule has 14 heavy (non-hydrogen) atoms. The lowest BCUT2D eigenvalue weighted by molar-refractivity contribution is -0.140. The first-order valence-electron chi connectivity index (χ1n) is 3.90. The molecule has 0 aliphatic carbocycles. The van der Waals surface area contributed by atoms with Crippen LogP contribution in [0.25, 0.3) is 0 Å². The second-order valence-electron chi connectivity index (χ2n) is 2.51. The molecule has 0 radical (unpaired) electrons. The van der Waals surface area contributed by atoms with Crippen LogP contribution in [0, 0.1) is 0 Å². The van der Waals surface area contributed by atoms with E-state index in [0.717, 1.165) is 0 Å². The standard InChI is InChI=1S/C4H8O2.C3H9N.CHCl3/c1-3-6-4(2)5;1-4(2)3;2-1(3)4/h3H2,1-2H3;1-3H3;1H. The van der Waals surface area contributed by atoms with Crippen molar-refractivity contribution in [1.82, 2.24) is 4.90 Å². The fraction of sp³-hybridized carbons (Fsp3) is 0.875. The zero-order chi connectivity index (χ0) is 12.1. The van der Waals surface area contributed by atoms with Gasteiger partial charge in [0.2, 0.25) is 0 Å². The smallest absolute Gasteiger partial charge is 0.302 e. The second kappa shape index (κ2) is 15.8. The van der Waals surface area contributed by atoms with Crippen LogP contribution in [0.5, 0.6) is 0 Å². The molecule has 0 heterocycles. The summed E-state index contributed by atoms with van der Waals surface area (Å²) in [6.07, 6.45) is 0. The maximum atomic E-state index is 9.82. The molecule has 0 rings (SSSR count). The van der Waals surface area contributed by atoms with E-state index in [2.05, 4.69) is 4.74 Å². The summed E-state index contributed by atoms with van der Waals surface area (Å²) >= 11 is 14.4. The number of esters is 1. The number of alkyl halides is 3. The Balaban J connectivity index is -0.000000135. The second-order valence-corrected chi connectivity index (χ2v) is 4.49. The van der Waals surface area contributed by atoms with Gasteiger partial charge in [0.1, 0.15) is 0 Å². The van der Waals surface area contributed by atoms with Crippen LogP contribution in [-0.4, -0.2) is 42.9 Å². The van der Waals surface area contributed by atoms with Gasteiger partial charge in [0.05, 0.1) is 6.61 Å². The van der Waals surface area contributed by atoms with E-state index in [-0.39, 0.29) is 5.97 Å². The molecule has 0 fully saturated rings. The van der Waals surface area contributed by atoms with Gasteiger partial charge in [-0.2, -0.15) is 0 Å². The number of halogens is 3. The minimum absolute atomic E-state index is 0.211. The van der Waals surface area contributed by atoms with Crippen LogP contribution in [0.15, 0.2) is 0 Å². The van der Waals surface area contributed by atoms with Crippen LogP contribution < -0.4 is 0 Å². The van der Waals surface area contributed by atoms with Gasteiger partial charge in [0.25, 0.3) is 0 Å². The van der Waals surface area contributed by atoms with Gasteiger partial charge in [-0.3, -0.25) is 4.79 Å². The summed E-state index contributed by atoms with van der Waals surface area (Å²) in [5.41, 5.74) is 0. The topological polar surface area (TPSA) is 29.5 Å². The van der Waals surface area contributed by atoms with E-state index >= 15 is 0 Å². The van der Waals surface area contributed by atoms with Crippen LogP contribution in [-0.2, 0) is 9.53 Å². The molecule has 0 spiro atoms. The number of hydrogen-bond acceptors (Lipinski definition) is 3. The first-order valence-corrected chi connectivity index (χ1v) is 5.21. The Kier molecular flexibility index (Phi) is 22.3. The van der Waals surface area contributed by atoms with Crippen LogP contribution in [0.3, 0.4) is 0 Å². The van der Waals surface area contributed by atoms with Crippen LogP contribution >= 0.6 is 34.8 Å². The number of ether oxygens (including phenoxy) is 1. The largest absolute Gasteiger partial charge is 0.466 e. The quantitative estimate of drug-likeness (QED) is 0.540. The van der Waals surface area contributed by atoms with E-state index < -0.39 is 4.30 Å². The van der Waals surface area contributed by atoms with E-state index in [1.807, 2.05) is 26.0 Å². The van der Waals surface area contributed by atoms with E-state index in [0.29, 0.717) is 6.61 Å². The zero-order valence-corrected chi connectivity index (χ0v) is 11.4. The van der Waals surface area contributed by atoms with Crippen molar-refractivity contribution in [3.05, 3.63) is 0 Å². The molecular formula is C8H18Cl3NO2. The van der Waals surface area contributed by atoms with E-state index in [1.165, 1.54) is 6.92 Å². The number of carbonyl (C=O) groups excluding carboxylic acids is 1. The first kappa shape index (κ1) is 19.8. The van der Waals surface area contributed by atoms with Gasteiger partial charge in [-0.15, -0.1) is 0 Å². The Morgan fingerprint density at radius 1 is 1.29 bits per heavy atom. The maximum absolute atomic E-state index is 9.82. The Hall–Kier alpha value is 0.300. The lowest BCUT2D eigenvalue weighted by atomic mass is 10.8. The van der Waals surface area contributed by atoms with Crippen molar-refractivity contribution < 1.29 is 9.53 Å².